The van der Waals surface area contributed by atoms with Gasteiger partial charge >= 0.3 is 0 Å². The first-order valence-corrected chi connectivity index (χ1v) is 9.47. The standard InChI is InChI=1S/C19H31ClN4O/c1-4-21-18(22-9-10-24-11-13-25-14-12-24)23-15-19(2,3)16-5-7-17(20)8-6-16/h5-8H,4,9-15H2,1-3H3,(H2,21,22,23). The van der Waals surface area contributed by atoms with Gasteiger partial charge in [-0.1, -0.05) is 37.6 Å². The van der Waals surface area contributed by atoms with E-state index in [2.05, 4.69) is 48.4 Å². The summed E-state index contributed by atoms with van der Waals surface area (Å²) >= 11 is 5.99. The maximum absolute atomic E-state index is 5.99. The van der Waals surface area contributed by atoms with E-state index in [9.17, 15) is 0 Å². The van der Waals surface area contributed by atoms with E-state index in [0.29, 0.717) is 6.54 Å². The molecule has 0 unspecified atom stereocenters. The maximum Gasteiger partial charge on any atom is 0.191 e. The van der Waals surface area contributed by atoms with Gasteiger partial charge in [0.2, 0.25) is 0 Å². The lowest BCUT2D eigenvalue weighted by Crippen LogP contribution is -2.44. The van der Waals surface area contributed by atoms with Gasteiger partial charge in [0, 0.05) is 43.2 Å². The molecule has 0 radical (unpaired) electrons. The number of morpholine rings is 1. The van der Waals surface area contributed by atoms with Crippen LogP contribution in [-0.4, -0.2) is 63.3 Å². The molecule has 6 heteroatoms. The van der Waals surface area contributed by atoms with E-state index < -0.39 is 0 Å². The van der Waals surface area contributed by atoms with Crippen molar-refractivity contribution in [3.8, 4) is 0 Å². The molecule has 1 fully saturated rings. The predicted molar refractivity (Wildman–Crippen MR) is 106 cm³/mol. The third-order valence-electron chi connectivity index (χ3n) is 4.43. The van der Waals surface area contributed by atoms with Crippen molar-refractivity contribution >= 4 is 17.6 Å². The van der Waals surface area contributed by atoms with Crippen LogP contribution in [0.4, 0.5) is 0 Å². The highest BCUT2D eigenvalue weighted by Gasteiger charge is 2.20. The molecule has 0 amide bonds. The minimum atomic E-state index is -0.0445. The third-order valence-corrected chi connectivity index (χ3v) is 4.68. The predicted octanol–water partition coefficient (Wildman–Crippen LogP) is 2.50. The SMILES string of the molecule is CCNC(=NCC(C)(C)c1ccc(Cl)cc1)NCCN1CCOCC1. The van der Waals surface area contributed by atoms with E-state index in [0.717, 1.165) is 56.9 Å². The summed E-state index contributed by atoms with van der Waals surface area (Å²) < 4.78 is 5.38. The molecule has 0 saturated carbocycles. The molecule has 1 aromatic carbocycles. The van der Waals surface area contributed by atoms with Crippen molar-refractivity contribution in [1.29, 1.82) is 0 Å². The number of hydrogen-bond acceptors (Lipinski definition) is 3. The summed E-state index contributed by atoms with van der Waals surface area (Å²) in [7, 11) is 0. The van der Waals surface area contributed by atoms with E-state index >= 15 is 0 Å². The molecule has 1 aliphatic rings. The summed E-state index contributed by atoms with van der Waals surface area (Å²) in [4.78, 5) is 7.20. The molecule has 5 nitrogen and oxygen atoms in total. The molecule has 2 rings (SSSR count). The van der Waals surface area contributed by atoms with Crippen LogP contribution in [0.5, 0.6) is 0 Å². The summed E-state index contributed by atoms with van der Waals surface area (Å²) in [6, 6.07) is 8.04. The molecule has 1 aromatic rings. The van der Waals surface area contributed by atoms with Crippen LogP contribution in [0.15, 0.2) is 29.3 Å². The molecule has 25 heavy (non-hydrogen) atoms. The van der Waals surface area contributed by atoms with Crippen LogP contribution in [-0.2, 0) is 10.2 Å². The number of guanidine groups is 1. The Labute approximate surface area is 156 Å². The number of benzene rings is 1. The van der Waals surface area contributed by atoms with Crippen molar-refractivity contribution in [2.45, 2.75) is 26.2 Å². The Bertz CT molecular complexity index is 539. The molecule has 0 bridgehead atoms. The van der Waals surface area contributed by atoms with E-state index in [1.807, 2.05) is 12.1 Å². The van der Waals surface area contributed by atoms with E-state index in [1.54, 1.807) is 0 Å². The van der Waals surface area contributed by atoms with Crippen LogP contribution >= 0.6 is 11.6 Å². The average Bonchev–Trinajstić information content (AvgIpc) is 2.61. The van der Waals surface area contributed by atoms with Gasteiger partial charge in [0.1, 0.15) is 0 Å². The Morgan fingerprint density at radius 1 is 1.20 bits per heavy atom. The van der Waals surface area contributed by atoms with E-state index in [4.69, 9.17) is 21.3 Å². The molecule has 0 aliphatic carbocycles. The number of hydrogen-bond donors (Lipinski definition) is 2. The second-order valence-corrected chi connectivity index (χ2v) is 7.40. The monoisotopic (exact) mass is 366 g/mol. The van der Waals surface area contributed by atoms with Gasteiger partial charge in [0.15, 0.2) is 5.96 Å². The second-order valence-electron chi connectivity index (χ2n) is 6.97. The average molecular weight is 367 g/mol. The van der Waals surface area contributed by atoms with Gasteiger partial charge in [0.25, 0.3) is 0 Å². The zero-order valence-electron chi connectivity index (χ0n) is 15.6. The topological polar surface area (TPSA) is 48.9 Å². The summed E-state index contributed by atoms with van der Waals surface area (Å²) in [5.74, 6) is 0.873. The molecule has 0 aromatic heterocycles. The Balaban J connectivity index is 1.87. The molecule has 0 atom stereocenters. The fourth-order valence-corrected chi connectivity index (χ4v) is 2.89. The smallest absolute Gasteiger partial charge is 0.191 e. The van der Waals surface area contributed by atoms with Gasteiger partial charge in [-0.3, -0.25) is 9.89 Å². The van der Waals surface area contributed by atoms with Crippen LogP contribution in [0.2, 0.25) is 5.02 Å². The Morgan fingerprint density at radius 3 is 2.52 bits per heavy atom. The molecule has 1 aliphatic heterocycles. The lowest BCUT2D eigenvalue weighted by atomic mass is 9.85. The van der Waals surface area contributed by atoms with E-state index in [1.165, 1.54) is 5.56 Å². The normalized spacial score (nSPS) is 16.7. The van der Waals surface area contributed by atoms with Crippen molar-refractivity contribution in [1.82, 2.24) is 15.5 Å². The van der Waals surface area contributed by atoms with Gasteiger partial charge in [0.05, 0.1) is 19.8 Å². The molecular formula is C19H31ClN4O. The summed E-state index contributed by atoms with van der Waals surface area (Å²) in [5.41, 5.74) is 1.20. The largest absolute Gasteiger partial charge is 0.379 e. The summed E-state index contributed by atoms with van der Waals surface area (Å²) in [6.07, 6.45) is 0. The molecule has 2 N–H and O–H groups in total. The van der Waals surface area contributed by atoms with Crippen molar-refractivity contribution < 1.29 is 4.74 Å². The van der Waals surface area contributed by atoms with Gasteiger partial charge in [-0.15, -0.1) is 0 Å². The second kappa shape index (κ2) is 10.00. The fourth-order valence-electron chi connectivity index (χ4n) is 2.77. The van der Waals surface area contributed by atoms with Gasteiger partial charge < -0.3 is 15.4 Å². The van der Waals surface area contributed by atoms with Crippen LogP contribution in [0.3, 0.4) is 0 Å². The van der Waals surface area contributed by atoms with Gasteiger partial charge in [-0.05, 0) is 24.6 Å². The highest BCUT2D eigenvalue weighted by molar-refractivity contribution is 6.30. The summed E-state index contributed by atoms with van der Waals surface area (Å²) in [5, 5.41) is 7.53. The van der Waals surface area contributed by atoms with Crippen molar-refractivity contribution in [3.63, 3.8) is 0 Å². The number of ether oxygens (including phenoxy) is 1. The highest BCUT2D eigenvalue weighted by atomic mass is 35.5. The Kier molecular flexibility index (Phi) is 8.00. The number of aliphatic imine (C=N–C) groups is 1. The number of nitrogens with one attached hydrogen (secondary N) is 2. The quantitative estimate of drug-likeness (QED) is 0.575. The lowest BCUT2D eigenvalue weighted by molar-refractivity contribution is 0.0389. The van der Waals surface area contributed by atoms with Crippen molar-refractivity contribution in [2.75, 3.05) is 52.5 Å². The van der Waals surface area contributed by atoms with Crippen LogP contribution in [0.1, 0.15) is 26.3 Å². The fraction of sp³-hybridized carbons (Fsp3) is 0.632. The van der Waals surface area contributed by atoms with Crippen LogP contribution in [0.25, 0.3) is 0 Å². The summed E-state index contributed by atoms with van der Waals surface area (Å²) in [6.45, 7) is 13.6. The van der Waals surface area contributed by atoms with Gasteiger partial charge in [-0.25, -0.2) is 0 Å². The molecule has 1 heterocycles. The zero-order valence-corrected chi connectivity index (χ0v) is 16.4. The number of halogens is 1. The zero-order chi connectivity index (χ0) is 18.1. The minimum Gasteiger partial charge on any atom is -0.379 e. The number of rotatable bonds is 7. The molecule has 0 spiro atoms. The first kappa shape index (κ1) is 20.0. The van der Waals surface area contributed by atoms with Gasteiger partial charge in [-0.2, -0.15) is 0 Å². The van der Waals surface area contributed by atoms with Crippen molar-refractivity contribution in [2.24, 2.45) is 4.99 Å². The Hall–Kier alpha value is -1.30. The lowest BCUT2D eigenvalue weighted by Gasteiger charge is -2.27. The van der Waals surface area contributed by atoms with E-state index in [-0.39, 0.29) is 5.41 Å². The third kappa shape index (κ3) is 6.84. The first-order chi connectivity index (χ1) is 12.0. The highest BCUT2D eigenvalue weighted by Crippen LogP contribution is 2.24. The number of nitrogens with zero attached hydrogens (tertiary/aromatic N) is 2. The maximum atomic E-state index is 5.99. The molecule has 140 valence electrons. The molecule has 1 saturated heterocycles. The van der Waals surface area contributed by atoms with Crippen LogP contribution in [0, 0.1) is 0 Å². The van der Waals surface area contributed by atoms with Crippen LogP contribution < -0.4 is 10.6 Å². The Morgan fingerprint density at radius 2 is 1.88 bits per heavy atom. The minimum absolute atomic E-state index is 0.0445. The molecular weight excluding hydrogens is 336 g/mol. The first-order valence-electron chi connectivity index (χ1n) is 9.09. The van der Waals surface area contributed by atoms with Crippen molar-refractivity contribution in [3.05, 3.63) is 34.9 Å².